The van der Waals surface area contributed by atoms with Gasteiger partial charge in [0.2, 0.25) is 5.91 Å². The van der Waals surface area contributed by atoms with Crippen LogP contribution in [-0.4, -0.2) is 38.9 Å². The van der Waals surface area contributed by atoms with E-state index in [0.29, 0.717) is 0 Å². The van der Waals surface area contributed by atoms with Crippen LogP contribution in [0.1, 0.15) is 32.4 Å². The van der Waals surface area contributed by atoms with Crippen molar-refractivity contribution in [1.29, 1.82) is 0 Å². The third-order valence-corrected chi connectivity index (χ3v) is 3.99. The second-order valence-corrected chi connectivity index (χ2v) is 8.81. The molecule has 0 bridgehead atoms. The van der Waals surface area contributed by atoms with Gasteiger partial charge in [0.15, 0.2) is 0 Å². The Hall–Kier alpha value is -1.01. The number of carboxylic acids is 1. The first-order valence-corrected chi connectivity index (χ1v) is 8.37. The predicted octanol–water partition coefficient (Wildman–Crippen LogP) is 3.60. The van der Waals surface area contributed by atoms with Crippen LogP contribution in [0.4, 0.5) is 0 Å². The van der Waals surface area contributed by atoms with Crippen molar-refractivity contribution in [2.24, 2.45) is 5.41 Å². The van der Waals surface area contributed by atoms with E-state index in [1.165, 1.54) is 0 Å². The number of carbonyl (C=O) groups is 2. The third kappa shape index (κ3) is 5.52. The Bertz CT molecular complexity index is 582. The molecule has 1 aliphatic rings. The summed E-state index contributed by atoms with van der Waals surface area (Å²) in [5, 5.41) is 11.3. The molecule has 1 aromatic carbocycles. The molecule has 5 nitrogen and oxygen atoms in total. The highest BCUT2D eigenvalue weighted by molar-refractivity contribution is 6.75. The molecular formula is C16H21Cl3N2O3. The molecule has 1 saturated heterocycles. The largest absolute Gasteiger partial charge is 0.478 e. The van der Waals surface area contributed by atoms with E-state index in [0.717, 1.165) is 5.56 Å². The van der Waals surface area contributed by atoms with Crippen molar-refractivity contribution in [3.63, 3.8) is 0 Å². The van der Waals surface area contributed by atoms with Crippen molar-refractivity contribution < 1.29 is 14.7 Å². The lowest BCUT2D eigenvalue weighted by Gasteiger charge is -2.32. The van der Waals surface area contributed by atoms with Gasteiger partial charge in [0, 0.05) is 7.05 Å². The third-order valence-electron chi connectivity index (χ3n) is 3.50. The zero-order valence-corrected chi connectivity index (χ0v) is 16.2. The number of aliphatic carboxylic acids is 1. The van der Waals surface area contributed by atoms with E-state index in [1.807, 2.05) is 42.3 Å². The minimum absolute atomic E-state index is 0.0357. The summed E-state index contributed by atoms with van der Waals surface area (Å²) in [6.45, 7) is 6.42. The van der Waals surface area contributed by atoms with Crippen molar-refractivity contribution >= 4 is 46.7 Å². The average molecular weight is 396 g/mol. The Morgan fingerprint density at radius 3 is 1.96 bits per heavy atom. The molecule has 1 fully saturated rings. The molecule has 0 unspecified atom stereocenters. The first-order valence-electron chi connectivity index (χ1n) is 7.23. The Labute approximate surface area is 156 Å². The summed E-state index contributed by atoms with van der Waals surface area (Å²) < 4.78 is -2.17. The second-order valence-electron chi connectivity index (χ2n) is 6.53. The monoisotopic (exact) mass is 394 g/mol. The van der Waals surface area contributed by atoms with Crippen LogP contribution >= 0.6 is 34.8 Å². The number of carboxylic acid groups (broad SMARTS) is 1. The van der Waals surface area contributed by atoms with Crippen LogP contribution in [0.3, 0.4) is 0 Å². The summed E-state index contributed by atoms with van der Waals surface area (Å²) in [5.74, 6) is -1.31. The molecule has 0 aromatic heterocycles. The van der Waals surface area contributed by atoms with Crippen molar-refractivity contribution in [3.05, 3.63) is 35.9 Å². The Balaban J connectivity index is 0.000000351. The van der Waals surface area contributed by atoms with Crippen LogP contribution in [-0.2, 0) is 9.59 Å². The zero-order chi connectivity index (χ0) is 18.7. The number of benzene rings is 1. The van der Waals surface area contributed by atoms with E-state index in [-0.39, 0.29) is 23.5 Å². The summed E-state index contributed by atoms with van der Waals surface area (Å²) in [5.41, 5.74) is 1.07. The lowest BCUT2D eigenvalue weighted by atomic mass is 9.92. The predicted molar refractivity (Wildman–Crippen MR) is 96.3 cm³/mol. The van der Waals surface area contributed by atoms with Crippen LogP contribution in [0.5, 0.6) is 0 Å². The first-order chi connectivity index (χ1) is 10.9. The summed E-state index contributed by atoms with van der Waals surface area (Å²) in [6, 6.07) is 9.69. The van der Waals surface area contributed by atoms with Gasteiger partial charge in [-0.2, -0.15) is 0 Å². The molecule has 1 amide bonds. The van der Waals surface area contributed by atoms with E-state index >= 15 is 0 Å². The molecule has 2 N–H and O–H groups in total. The molecule has 1 heterocycles. The van der Waals surface area contributed by atoms with Gasteiger partial charge >= 0.3 is 5.97 Å². The Morgan fingerprint density at radius 2 is 1.62 bits per heavy atom. The summed E-state index contributed by atoms with van der Waals surface area (Å²) in [6.07, 6.45) is 0.0835. The lowest BCUT2D eigenvalue weighted by Crippen LogP contribution is -2.44. The number of carbonyl (C=O) groups excluding carboxylic acids is 1. The number of alkyl halides is 3. The molecule has 0 saturated carbocycles. The highest BCUT2D eigenvalue weighted by atomic mass is 35.6. The zero-order valence-electron chi connectivity index (χ0n) is 13.9. The van der Waals surface area contributed by atoms with Crippen LogP contribution in [0.15, 0.2) is 30.3 Å². The number of rotatable bonds is 1. The summed E-state index contributed by atoms with van der Waals surface area (Å²) in [7, 11) is 1.87. The average Bonchev–Trinajstić information content (AvgIpc) is 2.76. The van der Waals surface area contributed by atoms with Gasteiger partial charge in [-0.3, -0.25) is 10.1 Å². The smallest absolute Gasteiger partial charge is 0.356 e. The summed E-state index contributed by atoms with van der Waals surface area (Å²) in [4.78, 5) is 23.7. The minimum Gasteiger partial charge on any atom is -0.478 e. The van der Waals surface area contributed by atoms with E-state index in [1.54, 1.807) is 0 Å². The molecule has 2 rings (SSSR count). The molecule has 0 radical (unpaired) electrons. The van der Waals surface area contributed by atoms with Crippen LogP contribution in [0.2, 0.25) is 0 Å². The van der Waals surface area contributed by atoms with Gasteiger partial charge in [-0.05, 0) is 11.0 Å². The number of halogens is 3. The Morgan fingerprint density at radius 1 is 1.17 bits per heavy atom. The molecule has 1 aromatic rings. The van der Waals surface area contributed by atoms with Gasteiger partial charge in [-0.25, -0.2) is 4.79 Å². The normalized spacial score (nSPS) is 21.3. The maximum absolute atomic E-state index is 12.2. The lowest BCUT2D eigenvalue weighted by molar-refractivity contribution is -0.136. The van der Waals surface area contributed by atoms with Gasteiger partial charge in [-0.1, -0.05) is 85.9 Å². The van der Waals surface area contributed by atoms with Crippen LogP contribution in [0.25, 0.3) is 0 Å². The van der Waals surface area contributed by atoms with E-state index in [2.05, 4.69) is 26.1 Å². The fourth-order valence-electron chi connectivity index (χ4n) is 2.39. The first kappa shape index (κ1) is 21.0. The van der Waals surface area contributed by atoms with Crippen molar-refractivity contribution in [2.75, 3.05) is 7.05 Å². The van der Waals surface area contributed by atoms with Gasteiger partial charge in [0.05, 0.1) is 6.17 Å². The van der Waals surface area contributed by atoms with Crippen molar-refractivity contribution in [1.82, 2.24) is 10.2 Å². The van der Waals surface area contributed by atoms with Crippen molar-refractivity contribution in [2.45, 2.75) is 36.8 Å². The maximum Gasteiger partial charge on any atom is 0.356 e. The van der Waals surface area contributed by atoms with Gasteiger partial charge in [0.1, 0.15) is 6.04 Å². The SMILES string of the molecule is CN1C(=O)[C@@H](c2ccccc2)N[C@H]1C(C)(C)C.O=C(O)C(Cl)(Cl)Cl. The molecule has 24 heavy (non-hydrogen) atoms. The van der Waals surface area contributed by atoms with E-state index in [4.69, 9.17) is 39.9 Å². The Kier molecular flexibility index (Phi) is 6.94. The highest BCUT2D eigenvalue weighted by Crippen LogP contribution is 2.31. The number of hydrogen-bond acceptors (Lipinski definition) is 3. The standard InChI is InChI=1S/C14H20N2O.C2HCl3O2/c1-14(2,3)13-15-11(12(17)16(13)4)10-8-6-5-7-9-10;3-2(4,5)1(6)7/h5-9,11,13,15H,1-4H3;(H,6,7)/t11-,13-;/m1./s1. The number of nitrogens with one attached hydrogen (secondary N) is 1. The molecule has 0 aliphatic carbocycles. The molecule has 2 atom stereocenters. The van der Waals surface area contributed by atoms with E-state index in [9.17, 15) is 9.59 Å². The highest BCUT2D eigenvalue weighted by Gasteiger charge is 2.42. The van der Waals surface area contributed by atoms with Crippen LogP contribution < -0.4 is 5.32 Å². The number of likely N-dealkylation sites (N-methyl/N-ethyl adjacent to an activating group) is 1. The van der Waals surface area contributed by atoms with Gasteiger partial charge < -0.3 is 10.0 Å². The van der Waals surface area contributed by atoms with Gasteiger partial charge in [-0.15, -0.1) is 0 Å². The fraction of sp³-hybridized carbons (Fsp3) is 0.500. The molecule has 1 aliphatic heterocycles. The number of hydrogen-bond donors (Lipinski definition) is 2. The summed E-state index contributed by atoms with van der Waals surface area (Å²) >= 11 is 14.4. The molecule has 134 valence electrons. The topological polar surface area (TPSA) is 69.6 Å². The molecular weight excluding hydrogens is 375 g/mol. The number of amides is 1. The number of nitrogens with zero attached hydrogens (tertiary/aromatic N) is 1. The maximum atomic E-state index is 12.2. The van der Waals surface area contributed by atoms with E-state index < -0.39 is 9.76 Å². The molecule has 8 heteroatoms. The van der Waals surface area contributed by atoms with Gasteiger partial charge in [0.25, 0.3) is 3.79 Å². The second kappa shape index (κ2) is 7.91. The quantitative estimate of drug-likeness (QED) is 0.713. The van der Waals surface area contributed by atoms with Crippen molar-refractivity contribution in [3.8, 4) is 0 Å². The fourth-order valence-corrected chi connectivity index (χ4v) is 2.39. The van der Waals surface area contributed by atoms with Crippen LogP contribution in [0, 0.1) is 5.41 Å². The molecule has 0 spiro atoms. The minimum atomic E-state index is -2.17.